The Balaban J connectivity index is 1.31. The molecule has 0 spiro atoms. The fourth-order valence-corrected chi connectivity index (χ4v) is 6.52. The summed E-state index contributed by atoms with van der Waals surface area (Å²) in [5.74, 6) is 1.96. The topological polar surface area (TPSA) is 43.6 Å². The minimum atomic E-state index is 0.652. The molecule has 0 radical (unpaired) electrons. The largest absolute Gasteiger partial charge is 0.309 e. The van der Waals surface area contributed by atoms with Crippen LogP contribution in [0.5, 0.6) is 0 Å². The summed E-state index contributed by atoms with van der Waals surface area (Å²) in [5, 5.41) is 7.17. The van der Waals surface area contributed by atoms with Crippen molar-refractivity contribution in [1.29, 1.82) is 0 Å². The predicted molar refractivity (Wildman–Crippen MR) is 185 cm³/mol. The summed E-state index contributed by atoms with van der Waals surface area (Å²) >= 11 is 0. The Kier molecular flexibility index (Phi) is 5.78. The number of nitrogens with zero attached hydrogens (tertiary/aromatic N) is 4. The van der Waals surface area contributed by atoms with Gasteiger partial charge in [0.1, 0.15) is 0 Å². The van der Waals surface area contributed by atoms with Gasteiger partial charge >= 0.3 is 0 Å². The van der Waals surface area contributed by atoms with Gasteiger partial charge in [-0.25, -0.2) is 15.0 Å². The van der Waals surface area contributed by atoms with Crippen molar-refractivity contribution in [2.45, 2.75) is 0 Å². The summed E-state index contributed by atoms with van der Waals surface area (Å²) in [6.07, 6.45) is 0. The van der Waals surface area contributed by atoms with Gasteiger partial charge in [-0.1, -0.05) is 127 Å². The summed E-state index contributed by atoms with van der Waals surface area (Å²) in [5.41, 5.74) is 6.37. The average molecular weight is 575 g/mol. The molecule has 0 atom stereocenters. The van der Waals surface area contributed by atoms with E-state index in [-0.39, 0.29) is 0 Å². The van der Waals surface area contributed by atoms with Gasteiger partial charge in [-0.2, -0.15) is 0 Å². The number of para-hydroxylation sites is 1. The van der Waals surface area contributed by atoms with E-state index in [4.69, 9.17) is 15.0 Å². The molecule has 0 bridgehead atoms. The quantitative estimate of drug-likeness (QED) is 0.210. The molecule has 7 aromatic carbocycles. The number of fused-ring (bicyclic) bond motifs is 5. The van der Waals surface area contributed by atoms with E-state index < -0.39 is 0 Å². The van der Waals surface area contributed by atoms with Crippen molar-refractivity contribution in [3.8, 4) is 39.9 Å². The molecule has 0 amide bonds. The van der Waals surface area contributed by atoms with Crippen molar-refractivity contribution in [1.82, 2.24) is 19.5 Å². The van der Waals surface area contributed by atoms with E-state index in [2.05, 4.69) is 102 Å². The third-order valence-corrected chi connectivity index (χ3v) is 8.62. The maximum absolute atomic E-state index is 5.05. The minimum absolute atomic E-state index is 0.652. The fraction of sp³-hybridized carbons (Fsp3) is 0. The Bertz CT molecular complexity index is 2470. The molecule has 0 saturated heterocycles. The third-order valence-electron chi connectivity index (χ3n) is 8.62. The monoisotopic (exact) mass is 574 g/mol. The summed E-state index contributed by atoms with van der Waals surface area (Å²) < 4.78 is 2.40. The first-order valence-electron chi connectivity index (χ1n) is 15.1. The lowest BCUT2D eigenvalue weighted by atomic mass is 10.0. The molecule has 4 nitrogen and oxygen atoms in total. The van der Waals surface area contributed by atoms with Gasteiger partial charge in [0.25, 0.3) is 0 Å². The molecular formula is C41H26N4. The van der Waals surface area contributed by atoms with Crippen LogP contribution < -0.4 is 0 Å². The molecule has 0 aliphatic heterocycles. The number of hydrogen-bond donors (Lipinski definition) is 0. The third kappa shape index (κ3) is 4.19. The van der Waals surface area contributed by atoms with E-state index in [0.717, 1.165) is 33.2 Å². The van der Waals surface area contributed by atoms with E-state index in [0.29, 0.717) is 17.5 Å². The second-order valence-electron chi connectivity index (χ2n) is 11.3. The van der Waals surface area contributed by atoms with Gasteiger partial charge in [0, 0.05) is 32.8 Å². The molecule has 0 N–H and O–H groups in total. The van der Waals surface area contributed by atoms with Crippen molar-refractivity contribution < 1.29 is 0 Å². The van der Waals surface area contributed by atoms with Crippen LogP contribution in [0.3, 0.4) is 0 Å². The lowest BCUT2D eigenvalue weighted by Crippen LogP contribution is -2.01. The standard InChI is InChI=1S/C41H26N4/c1-3-13-27(14-4-1)39-42-40(28-15-5-2-6-16-28)44-41(43-39)34-23-24-37(32-20-10-9-19-31(32)34)45-36-22-12-11-21-33(36)35-25-29-17-7-8-18-30(29)26-38(35)45/h1-26H. The molecule has 210 valence electrons. The van der Waals surface area contributed by atoms with Crippen LogP contribution in [0.1, 0.15) is 0 Å². The Hall–Kier alpha value is -6.13. The van der Waals surface area contributed by atoms with Crippen LogP contribution in [0.25, 0.3) is 83.2 Å². The van der Waals surface area contributed by atoms with Crippen LogP contribution in [0.4, 0.5) is 0 Å². The van der Waals surface area contributed by atoms with Crippen molar-refractivity contribution in [3.63, 3.8) is 0 Å². The van der Waals surface area contributed by atoms with Crippen LogP contribution in [-0.4, -0.2) is 19.5 Å². The highest BCUT2D eigenvalue weighted by molar-refractivity contribution is 6.15. The second-order valence-corrected chi connectivity index (χ2v) is 11.3. The number of rotatable bonds is 4. The van der Waals surface area contributed by atoms with Gasteiger partial charge in [-0.05, 0) is 46.5 Å². The first-order valence-corrected chi connectivity index (χ1v) is 15.1. The highest BCUT2D eigenvalue weighted by Gasteiger charge is 2.19. The summed E-state index contributed by atoms with van der Waals surface area (Å²) in [4.78, 5) is 15.0. The van der Waals surface area contributed by atoms with E-state index >= 15 is 0 Å². The second kappa shape index (κ2) is 10.2. The summed E-state index contributed by atoms with van der Waals surface area (Å²) in [6.45, 7) is 0. The van der Waals surface area contributed by atoms with E-state index in [9.17, 15) is 0 Å². The summed E-state index contributed by atoms with van der Waals surface area (Å²) in [6, 6.07) is 55.1. The highest BCUT2D eigenvalue weighted by Crippen LogP contribution is 2.39. The van der Waals surface area contributed by atoms with Gasteiger partial charge in [0.2, 0.25) is 0 Å². The first-order chi connectivity index (χ1) is 22.3. The molecule has 9 aromatic rings. The molecule has 0 fully saturated rings. The smallest absolute Gasteiger partial charge is 0.164 e. The van der Waals surface area contributed by atoms with Crippen molar-refractivity contribution >= 4 is 43.4 Å². The van der Waals surface area contributed by atoms with Crippen molar-refractivity contribution in [2.75, 3.05) is 0 Å². The molecule has 0 aliphatic rings. The van der Waals surface area contributed by atoms with Crippen LogP contribution in [0, 0.1) is 0 Å². The zero-order valence-corrected chi connectivity index (χ0v) is 24.3. The first kappa shape index (κ1) is 25.4. The van der Waals surface area contributed by atoms with Gasteiger partial charge in [-0.3, -0.25) is 0 Å². The van der Waals surface area contributed by atoms with Crippen molar-refractivity contribution in [3.05, 3.63) is 158 Å². The van der Waals surface area contributed by atoms with Crippen molar-refractivity contribution in [2.24, 2.45) is 0 Å². The van der Waals surface area contributed by atoms with Gasteiger partial charge < -0.3 is 4.57 Å². The number of hydrogen-bond acceptors (Lipinski definition) is 3. The molecule has 4 heteroatoms. The van der Waals surface area contributed by atoms with Crippen LogP contribution >= 0.6 is 0 Å². The van der Waals surface area contributed by atoms with Gasteiger partial charge in [0.15, 0.2) is 17.5 Å². The Morgan fingerprint density at radius 1 is 0.356 bits per heavy atom. The highest BCUT2D eigenvalue weighted by atomic mass is 15.0. The lowest BCUT2D eigenvalue weighted by molar-refractivity contribution is 1.08. The molecule has 0 saturated carbocycles. The molecular weight excluding hydrogens is 548 g/mol. The maximum atomic E-state index is 5.05. The number of aromatic nitrogens is 4. The Morgan fingerprint density at radius 3 is 1.58 bits per heavy atom. The van der Waals surface area contributed by atoms with Crippen LogP contribution in [-0.2, 0) is 0 Å². The van der Waals surface area contributed by atoms with Crippen LogP contribution in [0.15, 0.2) is 158 Å². The molecule has 0 aliphatic carbocycles. The van der Waals surface area contributed by atoms with Crippen LogP contribution in [0.2, 0.25) is 0 Å². The molecule has 2 heterocycles. The van der Waals surface area contributed by atoms with E-state index in [1.807, 2.05) is 60.7 Å². The fourth-order valence-electron chi connectivity index (χ4n) is 6.52. The Labute approximate surface area is 259 Å². The zero-order valence-electron chi connectivity index (χ0n) is 24.3. The van der Waals surface area contributed by atoms with E-state index in [1.165, 1.54) is 32.6 Å². The molecule has 45 heavy (non-hydrogen) atoms. The molecule has 2 aromatic heterocycles. The minimum Gasteiger partial charge on any atom is -0.309 e. The SMILES string of the molecule is c1ccc(-c2nc(-c3ccccc3)nc(-c3ccc(-n4c5ccccc5c5cc6ccccc6cc54)c4ccccc34)n2)cc1. The average Bonchev–Trinajstić information content (AvgIpc) is 3.43. The normalized spacial score (nSPS) is 11.6. The molecule has 9 rings (SSSR count). The van der Waals surface area contributed by atoms with Gasteiger partial charge in [-0.15, -0.1) is 0 Å². The lowest BCUT2D eigenvalue weighted by Gasteiger charge is -2.15. The number of benzene rings is 7. The Morgan fingerprint density at radius 2 is 0.889 bits per heavy atom. The summed E-state index contributed by atoms with van der Waals surface area (Å²) in [7, 11) is 0. The van der Waals surface area contributed by atoms with Gasteiger partial charge in [0.05, 0.1) is 16.7 Å². The molecule has 0 unspecified atom stereocenters. The predicted octanol–water partition coefficient (Wildman–Crippen LogP) is 10.3. The maximum Gasteiger partial charge on any atom is 0.164 e. The van der Waals surface area contributed by atoms with E-state index in [1.54, 1.807) is 0 Å². The zero-order chi connectivity index (χ0) is 29.7.